The average Bonchev–Trinajstić information content (AvgIpc) is 3.45. The molecule has 79 heavy (non-hydrogen) atoms. The topological polar surface area (TPSA) is 228 Å². The van der Waals surface area contributed by atoms with Gasteiger partial charge in [-0.2, -0.15) is 29.9 Å². The first-order valence-electron chi connectivity index (χ1n) is 24.3. The summed E-state index contributed by atoms with van der Waals surface area (Å²) >= 11 is 0. The second kappa shape index (κ2) is 53.4. The van der Waals surface area contributed by atoms with Crippen molar-refractivity contribution in [1.29, 1.82) is 0 Å². The lowest BCUT2D eigenvalue weighted by atomic mass is 10.6. The summed E-state index contributed by atoms with van der Waals surface area (Å²) in [7, 11) is 3.14. The summed E-state index contributed by atoms with van der Waals surface area (Å²) in [6.45, 7) is 45.4. The molecule has 0 aliphatic carbocycles. The number of anilines is 6. The Labute approximate surface area is 469 Å². The highest BCUT2D eigenvalue weighted by molar-refractivity contribution is 5.47. The van der Waals surface area contributed by atoms with E-state index in [0.29, 0.717) is 83.9 Å². The summed E-state index contributed by atoms with van der Waals surface area (Å²) in [4.78, 5) is 38.2. The van der Waals surface area contributed by atoms with Gasteiger partial charge in [-0.1, -0.05) is 74.3 Å². The number of aliphatic hydroxyl groups is 1. The van der Waals surface area contributed by atoms with Gasteiger partial charge < -0.3 is 61.9 Å². The quantitative estimate of drug-likeness (QED) is 0.0442. The van der Waals surface area contributed by atoms with E-state index in [4.69, 9.17) is 76.9 Å². The summed E-state index contributed by atoms with van der Waals surface area (Å²) in [6, 6.07) is 0. The molecule has 444 valence electrons. The third kappa shape index (κ3) is 35.5. The fourth-order valence-corrected chi connectivity index (χ4v) is 5.23. The van der Waals surface area contributed by atoms with E-state index in [1.807, 2.05) is 0 Å². The normalized spacial score (nSPS) is 10.2. The number of aromatic nitrogens is 6. The van der Waals surface area contributed by atoms with Crippen molar-refractivity contribution in [2.24, 2.45) is 0 Å². The first-order chi connectivity index (χ1) is 38.2. The van der Waals surface area contributed by atoms with Gasteiger partial charge in [-0.25, -0.2) is 0 Å². The van der Waals surface area contributed by atoms with Gasteiger partial charge in [0.15, 0.2) is 0 Å². The molecular weight excluding hydrogens is 1020 g/mol. The van der Waals surface area contributed by atoms with Crippen LogP contribution < -0.4 is 29.4 Å². The molecule has 25 nitrogen and oxygen atoms in total. The molecule has 0 atom stereocenters. The van der Waals surface area contributed by atoms with Crippen LogP contribution in [0.25, 0.3) is 0 Å². The van der Waals surface area contributed by atoms with Gasteiger partial charge in [0.05, 0.1) is 72.7 Å². The van der Waals surface area contributed by atoms with Crippen LogP contribution in [0.1, 0.15) is 7.43 Å². The predicted octanol–water partition coefficient (Wildman–Crippen LogP) is 6.19. The molecule has 0 spiro atoms. The van der Waals surface area contributed by atoms with Crippen LogP contribution in [0.15, 0.2) is 139 Å². The predicted molar refractivity (Wildman–Crippen MR) is 312 cm³/mol. The maximum Gasteiger partial charge on any atom is 0.235 e. The molecule has 25 heteroatoms. The molecule has 0 bridgehead atoms. The van der Waals surface area contributed by atoms with Crippen LogP contribution in [0, 0.1) is 0 Å². The Morgan fingerprint density at radius 3 is 0.506 bits per heavy atom. The lowest BCUT2D eigenvalue weighted by molar-refractivity contribution is 0.103. The fraction of sp³-hybridized carbons (Fsp3) is 0.481. The Bertz CT molecular complexity index is 1710. The van der Waals surface area contributed by atoms with E-state index in [-0.39, 0.29) is 113 Å². The molecule has 0 aliphatic rings. The van der Waals surface area contributed by atoms with E-state index in [1.54, 1.807) is 104 Å². The monoisotopic (exact) mass is 1110 g/mol. The Kier molecular flexibility index (Phi) is 50.4. The molecule has 2 heterocycles. The summed E-state index contributed by atoms with van der Waals surface area (Å²) in [6.07, 6.45) is 18.0. The van der Waals surface area contributed by atoms with E-state index in [2.05, 4.69) is 87.3 Å². The molecule has 2 aromatic heterocycles. The molecule has 0 fully saturated rings. The molecule has 2 aromatic rings. The first-order valence-corrected chi connectivity index (χ1v) is 24.3. The third-order valence-corrected chi connectivity index (χ3v) is 8.42. The lowest BCUT2D eigenvalue weighted by Gasteiger charge is -2.28. The molecule has 0 amide bonds. The fourth-order valence-electron chi connectivity index (χ4n) is 5.23. The Balaban J connectivity index is 0. The van der Waals surface area contributed by atoms with Gasteiger partial charge in [-0.05, 0) is 0 Å². The van der Waals surface area contributed by atoms with Crippen LogP contribution >= 0.6 is 0 Å². The van der Waals surface area contributed by atoms with Gasteiger partial charge >= 0.3 is 0 Å². The van der Waals surface area contributed by atoms with Crippen LogP contribution in [-0.2, 0) is 56.8 Å². The van der Waals surface area contributed by atoms with Crippen LogP contribution in [0.5, 0.6) is 0 Å². The van der Waals surface area contributed by atoms with Crippen molar-refractivity contribution in [2.45, 2.75) is 7.43 Å². The number of methoxy groups -OCH3 is 2. The van der Waals surface area contributed by atoms with E-state index >= 15 is 0 Å². The van der Waals surface area contributed by atoms with Gasteiger partial charge in [0.2, 0.25) is 35.7 Å². The summed E-state index contributed by atoms with van der Waals surface area (Å²) in [5.41, 5.74) is 0. The number of nitrogens with zero attached hydrogens (tertiary/aromatic N) is 12. The highest BCUT2D eigenvalue weighted by Crippen LogP contribution is 2.22. The molecule has 0 saturated heterocycles. The molecular formula is C54H90N12O13. The van der Waals surface area contributed by atoms with Gasteiger partial charge in [0.1, 0.15) is 80.8 Å². The minimum absolute atomic E-state index is 0. The van der Waals surface area contributed by atoms with Crippen molar-refractivity contribution >= 4 is 35.7 Å². The van der Waals surface area contributed by atoms with Gasteiger partial charge in [0, 0.05) is 14.2 Å². The van der Waals surface area contributed by atoms with E-state index < -0.39 is 0 Å². The number of hydrogen-bond donors (Lipinski definition) is 1. The minimum atomic E-state index is 0. The van der Waals surface area contributed by atoms with Crippen LogP contribution in [0.3, 0.4) is 0 Å². The van der Waals surface area contributed by atoms with Gasteiger partial charge in [-0.3, -0.25) is 29.4 Å². The van der Waals surface area contributed by atoms with E-state index in [1.165, 1.54) is 6.08 Å². The van der Waals surface area contributed by atoms with Crippen molar-refractivity contribution in [3.05, 3.63) is 139 Å². The second-order valence-electron chi connectivity index (χ2n) is 14.9. The van der Waals surface area contributed by atoms with Crippen LogP contribution in [0.2, 0.25) is 0 Å². The molecule has 0 aliphatic heterocycles. The molecule has 0 radical (unpaired) electrons. The van der Waals surface area contributed by atoms with Gasteiger partial charge in [-0.15, -0.1) is 72.4 Å². The lowest BCUT2D eigenvalue weighted by Crippen LogP contribution is -2.37. The molecule has 2 rings (SSSR count). The number of rotatable bonds is 51. The molecule has 1 N–H and O–H groups in total. The number of aliphatic hydroxyl groups excluding tert-OH is 1. The third-order valence-electron chi connectivity index (χ3n) is 8.42. The van der Waals surface area contributed by atoms with Crippen molar-refractivity contribution in [3.8, 4) is 0 Å². The zero-order chi connectivity index (χ0) is 57.7. The molecule has 0 aromatic carbocycles. The largest absolute Gasteiger partial charge is 0.392 e. The summed E-state index contributed by atoms with van der Waals surface area (Å²) < 4.78 is 67.2. The molecule has 0 saturated carbocycles. The number of hydrogen-bond acceptors (Lipinski definition) is 25. The van der Waals surface area contributed by atoms with Crippen molar-refractivity contribution in [2.75, 3.05) is 197 Å². The van der Waals surface area contributed by atoms with Gasteiger partial charge in [0.25, 0.3) is 0 Å². The minimum Gasteiger partial charge on any atom is -0.392 e. The Morgan fingerprint density at radius 1 is 0.278 bits per heavy atom. The van der Waals surface area contributed by atoms with E-state index in [0.717, 1.165) is 0 Å². The smallest absolute Gasteiger partial charge is 0.235 e. The Hall–Kier alpha value is -6.56. The van der Waals surface area contributed by atoms with Crippen LogP contribution in [-0.4, -0.2) is 203 Å². The van der Waals surface area contributed by atoms with Crippen molar-refractivity contribution < 1.29 is 61.9 Å². The molecule has 0 unspecified atom stereocenters. The Morgan fingerprint density at radius 2 is 0.405 bits per heavy atom. The SMILES string of the molecule is C.C=CCO.C=CCOCN(COCC=C)c1nc(N(COC)COC)nc(N(COCC=C)COCC=C)n1.C=CCOCN(COCC=C)c1nc(N(COCC=C)COCC=C)nc(N(COCC=C)COCC=C)n1. The zero-order valence-electron chi connectivity index (χ0n) is 46.1. The average molecular weight is 1120 g/mol. The van der Waals surface area contributed by atoms with Crippen molar-refractivity contribution in [1.82, 2.24) is 29.9 Å². The van der Waals surface area contributed by atoms with Crippen LogP contribution in [0.4, 0.5) is 35.7 Å². The standard InChI is InChI=1S/C27H42N6O6.C23H38N6O6.C3H6O.CH4/c1-7-13-34-19-31(20-35-14-8-2)25-28-26(32(21-36-15-9-3)22-37-16-10-4)30-27(29-25)33(23-38-17-11-5)24-39-18-12-6;1-7-11-32-17-28(18-33-12-8-2)22-24-21(27(15-30-5)16-31-6)25-23(26-22)29(19-34-13-9-3)20-35-14-10-4;1-2-3-4;/h7-12H,1-6,13-24H2;7-10H,1-4,11-20H2,5-6H3;2,4H,1,3H2;1H4. The highest BCUT2D eigenvalue weighted by atomic mass is 16.5. The summed E-state index contributed by atoms with van der Waals surface area (Å²) in [5.74, 6) is 1.82. The summed E-state index contributed by atoms with van der Waals surface area (Å²) in [5, 5.41) is 7.76. The maximum atomic E-state index is 7.76. The second-order valence-corrected chi connectivity index (χ2v) is 14.9. The zero-order valence-corrected chi connectivity index (χ0v) is 46.1. The first kappa shape index (κ1) is 74.5. The number of ether oxygens (including phenoxy) is 12. The highest BCUT2D eigenvalue weighted by Gasteiger charge is 2.23. The van der Waals surface area contributed by atoms with E-state index in [9.17, 15) is 0 Å². The van der Waals surface area contributed by atoms with Crippen molar-refractivity contribution in [3.63, 3.8) is 0 Å². The maximum absolute atomic E-state index is 7.76.